The van der Waals surface area contributed by atoms with Crippen molar-refractivity contribution in [3.63, 3.8) is 0 Å². The third-order valence-electron chi connectivity index (χ3n) is 3.09. The van der Waals surface area contributed by atoms with Crippen molar-refractivity contribution in [1.29, 1.82) is 0 Å². The molecule has 1 saturated heterocycles. The Morgan fingerprint density at radius 2 is 2.32 bits per heavy atom. The second kappa shape index (κ2) is 7.50. The molecule has 104 valence electrons. The Hall–Kier alpha value is -1.07. The van der Waals surface area contributed by atoms with Crippen LogP contribution >= 0.6 is 15.9 Å². The molecular weight excluding hydrogens is 308 g/mol. The summed E-state index contributed by atoms with van der Waals surface area (Å²) in [6.45, 7) is 2.32. The fraction of sp³-hybridized carbons (Fsp3) is 0.500. The number of amides is 1. The first-order chi connectivity index (χ1) is 9.25. The minimum atomic E-state index is 0.0563. The van der Waals surface area contributed by atoms with Crippen LogP contribution < -0.4 is 15.4 Å². The summed E-state index contributed by atoms with van der Waals surface area (Å²) in [5, 5.41) is 6.30. The molecular formula is C14H19BrN2O2. The topological polar surface area (TPSA) is 50.4 Å². The molecule has 5 heteroatoms. The number of piperidine rings is 1. The molecule has 19 heavy (non-hydrogen) atoms. The Kier molecular flexibility index (Phi) is 5.66. The predicted octanol–water partition coefficient (Wildman–Crippen LogP) is 2.09. The van der Waals surface area contributed by atoms with Crippen molar-refractivity contribution in [3.05, 3.63) is 28.7 Å². The lowest BCUT2D eigenvalue weighted by atomic mass is 10.1. The molecule has 1 heterocycles. The average molecular weight is 327 g/mol. The van der Waals surface area contributed by atoms with Gasteiger partial charge in [0, 0.05) is 12.6 Å². The lowest BCUT2D eigenvalue weighted by molar-refractivity contribution is -0.122. The number of rotatable bonds is 5. The number of carbonyl (C=O) groups is 1. The highest BCUT2D eigenvalue weighted by molar-refractivity contribution is 9.10. The molecule has 2 N–H and O–H groups in total. The van der Waals surface area contributed by atoms with E-state index in [-0.39, 0.29) is 11.9 Å². The van der Waals surface area contributed by atoms with Gasteiger partial charge in [-0.05, 0) is 47.4 Å². The van der Waals surface area contributed by atoms with Crippen molar-refractivity contribution < 1.29 is 9.53 Å². The summed E-state index contributed by atoms with van der Waals surface area (Å²) in [5.74, 6) is 0.829. The van der Waals surface area contributed by atoms with Crippen LogP contribution in [0.2, 0.25) is 0 Å². The van der Waals surface area contributed by atoms with Crippen molar-refractivity contribution in [2.24, 2.45) is 0 Å². The number of halogens is 1. The standard InChI is InChI=1S/C14H19BrN2O2/c15-12-5-1-2-6-13(12)19-9-7-14(18)17-11-4-3-8-16-10-11/h1-2,5-6,11,16H,3-4,7-10H2,(H,17,18)/t11-/m0/s1. The summed E-state index contributed by atoms with van der Waals surface area (Å²) in [6, 6.07) is 7.91. The first kappa shape index (κ1) is 14.3. The monoisotopic (exact) mass is 326 g/mol. The number of hydrogen-bond acceptors (Lipinski definition) is 3. The number of benzene rings is 1. The zero-order valence-electron chi connectivity index (χ0n) is 10.8. The fourth-order valence-corrected chi connectivity index (χ4v) is 2.49. The van der Waals surface area contributed by atoms with Gasteiger partial charge in [-0.3, -0.25) is 4.79 Å². The highest BCUT2D eigenvalue weighted by atomic mass is 79.9. The van der Waals surface area contributed by atoms with Crippen molar-refractivity contribution in [2.45, 2.75) is 25.3 Å². The SMILES string of the molecule is O=C(CCOc1ccccc1Br)N[C@H]1CCCNC1. The van der Waals surface area contributed by atoms with E-state index in [1.165, 1.54) is 0 Å². The van der Waals surface area contributed by atoms with E-state index in [4.69, 9.17) is 4.74 Å². The van der Waals surface area contributed by atoms with E-state index in [2.05, 4.69) is 26.6 Å². The maximum atomic E-state index is 11.8. The van der Waals surface area contributed by atoms with Gasteiger partial charge in [-0.25, -0.2) is 0 Å². The van der Waals surface area contributed by atoms with Crippen LogP contribution in [0.15, 0.2) is 28.7 Å². The molecule has 1 aliphatic heterocycles. The smallest absolute Gasteiger partial charge is 0.223 e. The van der Waals surface area contributed by atoms with E-state index in [0.29, 0.717) is 13.0 Å². The van der Waals surface area contributed by atoms with Crippen LogP contribution in [0.25, 0.3) is 0 Å². The molecule has 1 aliphatic rings. The number of ether oxygens (including phenoxy) is 1. The summed E-state index contributed by atoms with van der Waals surface area (Å²) in [4.78, 5) is 11.8. The number of nitrogens with one attached hydrogen (secondary N) is 2. The maximum absolute atomic E-state index is 11.8. The quantitative estimate of drug-likeness (QED) is 0.871. The summed E-state index contributed by atoms with van der Waals surface area (Å²) in [5.41, 5.74) is 0. The van der Waals surface area contributed by atoms with E-state index in [1.54, 1.807) is 0 Å². The van der Waals surface area contributed by atoms with Gasteiger partial charge in [0.05, 0.1) is 17.5 Å². The van der Waals surface area contributed by atoms with Gasteiger partial charge in [0.1, 0.15) is 5.75 Å². The van der Waals surface area contributed by atoms with Crippen LogP contribution in [0, 0.1) is 0 Å². The van der Waals surface area contributed by atoms with Crippen LogP contribution in [-0.4, -0.2) is 31.6 Å². The van der Waals surface area contributed by atoms with E-state index < -0.39 is 0 Å². The third-order valence-corrected chi connectivity index (χ3v) is 3.74. The molecule has 1 aromatic carbocycles. The van der Waals surface area contributed by atoms with Gasteiger partial charge < -0.3 is 15.4 Å². The molecule has 0 radical (unpaired) electrons. The Balaban J connectivity index is 1.67. The maximum Gasteiger partial charge on any atom is 0.223 e. The van der Waals surface area contributed by atoms with Gasteiger partial charge in [-0.2, -0.15) is 0 Å². The van der Waals surface area contributed by atoms with Crippen LogP contribution in [0.5, 0.6) is 5.75 Å². The Bertz CT molecular complexity index is 420. The lowest BCUT2D eigenvalue weighted by Crippen LogP contribution is -2.45. The molecule has 0 aromatic heterocycles. The average Bonchev–Trinajstić information content (AvgIpc) is 2.42. The zero-order chi connectivity index (χ0) is 13.5. The van der Waals surface area contributed by atoms with Crippen LogP contribution in [-0.2, 0) is 4.79 Å². The largest absolute Gasteiger partial charge is 0.492 e. The number of para-hydroxylation sites is 1. The van der Waals surface area contributed by atoms with Gasteiger partial charge in [-0.15, -0.1) is 0 Å². The summed E-state index contributed by atoms with van der Waals surface area (Å²) in [7, 11) is 0. The molecule has 1 atom stereocenters. The van der Waals surface area contributed by atoms with Gasteiger partial charge >= 0.3 is 0 Å². The van der Waals surface area contributed by atoms with Gasteiger partial charge in [0.2, 0.25) is 5.91 Å². The molecule has 0 saturated carbocycles. The molecule has 4 nitrogen and oxygen atoms in total. The predicted molar refractivity (Wildman–Crippen MR) is 78.3 cm³/mol. The summed E-state index contributed by atoms with van der Waals surface area (Å²) in [6.07, 6.45) is 2.57. The molecule has 1 amide bonds. The van der Waals surface area contributed by atoms with E-state index >= 15 is 0 Å². The van der Waals surface area contributed by atoms with Crippen molar-refractivity contribution in [3.8, 4) is 5.75 Å². The highest BCUT2D eigenvalue weighted by Crippen LogP contribution is 2.23. The van der Waals surface area contributed by atoms with Gasteiger partial charge in [0.25, 0.3) is 0 Å². The molecule has 1 aromatic rings. The Morgan fingerprint density at radius 1 is 1.47 bits per heavy atom. The first-order valence-corrected chi connectivity index (χ1v) is 7.42. The van der Waals surface area contributed by atoms with E-state index in [1.807, 2.05) is 24.3 Å². The molecule has 2 rings (SSSR count). The highest BCUT2D eigenvalue weighted by Gasteiger charge is 2.15. The van der Waals surface area contributed by atoms with E-state index in [9.17, 15) is 4.79 Å². The summed E-state index contributed by atoms with van der Waals surface area (Å²) < 4.78 is 6.48. The molecule has 0 bridgehead atoms. The first-order valence-electron chi connectivity index (χ1n) is 6.63. The van der Waals surface area contributed by atoms with E-state index in [0.717, 1.165) is 36.2 Å². The zero-order valence-corrected chi connectivity index (χ0v) is 12.4. The second-order valence-electron chi connectivity index (χ2n) is 4.64. The fourth-order valence-electron chi connectivity index (χ4n) is 2.09. The van der Waals surface area contributed by atoms with Crippen molar-refractivity contribution in [1.82, 2.24) is 10.6 Å². The normalized spacial score (nSPS) is 18.9. The molecule has 0 unspecified atom stereocenters. The van der Waals surface area contributed by atoms with Crippen LogP contribution in [0.1, 0.15) is 19.3 Å². The van der Waals surface area contributed by atoms with Gasteiger partial charge in [-0.1, -0.05) is 12.1 Å². The Morgan fingerprint density at radius 3 is 3.05 bits per heavy atom. The van der Waals surface area contributed by atoms with Crippen LogP contribution in [0.4, 0.5) is 0 Å². The van der Waals surface area contributed by atoms with Crippen molar-refractivity contribution >= 4 is 21.8 Å². The van der Waals surface area contributed by atoms with Crippen LogP contribution in [0.3, 0.4) is 0 Å². The minimum Gasteiger partial charge on any atom is -0.492 e. The van der Waals surface area contributed by atoms with Gasteiger partial charge in [0.15, 0.2) is 0 Å². The lowest BCUT2D eigenvalue weighted by Gasteiger charge is -2.23. The third kappa shape index (κ3) is 4.84. The number of hydrogen-bond donors (Lipinski definition) is 2. The van der Waals surface area contributed by atoms with Crippen molar-refractivity contribution in [2.75, 3.05) is 19.7 Å². The minimum absolute atomic E-state index is 0.0563. The number of carbonyl (C=O) groups excluding carboxylic acids is 1. The Labute approximate surface area is 122 Å². The molecule has 1 fully saturated rings. The molecule has 0 spiro atoms. The second-order valence-corrected chi connectivity index (χ2v) is 5.49. The summed E-state index contributed by atoms with van der Waals surface area (Å²) >= 11 is 3.41. The molecule has 0 aliphatic carbocycles.